The molecule has 4 nitrogen and oxygen atoms in total. The van der Waals surface area contributed by atoms with Crippen molar-refractivity contribution in [1.29, 1.82) is 0 Å². The van der Waals surface area contributed by atoms with E-state index >= 15 is 0 Å². The van der Waals surface area contributed by atoms with Gasteiger partial charge in [0.15, 0.2) is 0 Å². The number of aromatic carboxylic acids is 1. The van der Waals surface area contributed by atoms with Crippen molar-refractivity contribution in [3.63, 3.8) is 0 Å². The van der Waals surface area contributed by atoms with Crippen molar-refractivity contribution in [2.24, 2.45) is 0 Å². The van der Waals surface area contributed by atoms with Crippen LogP contribution in [0.15, 0.2) is 65.4 Å². The molecule has 3 rings (SSSR count). The van der Waals surface area contributed by atoms with Gasteiger partial charge in [-0.1, -0.05) is 59.7 Å². The summed E-state index contributed by atoms with van der Waals surface area (Å²) in [6.07, 6.45) is 7.57. The van der Waals surface area contributed by atoms with Gasteiger partial charge in [0, 0.05) is 17.3 Å². The van der Waals surface area contributed by atoms with E-state index in [1.807, 2.05) is 12.1 Å². The minimum Gasteiger partial charge on any atom is -0.478 e. The van der Waals surface area contributed by atoms with E-state index < -0.39 is 5.97 Å². The summed E-state index contributed by atoms with van der Waals surface area (Å²) in [5.74, 6) is 5.85. The molecule has 0 saturated heterocycles. The van der Waals surface area contributed by atoms with Crippen LogP contribution in [0.25, 0.3) is 5.57 Å². The first-order chi connectivity index (χ1) is 13.9. The molecule has 0 radical (unpaired) electrons. The normalized spacial score (nSPS) is 13.8. The third-order valence-corrected chi connectivity index (χ3v) is 5.07. The van der Waals surface area contributed by atoms with Crippen LogP contribution < -0.4 is 5.73 Å². The average Bonchev–Trinajstić information content (AvgIpc) is 2.85. The lowest BCUT2D eigenvalue weighted by atomic mass is 9.93. The first kappa shape index (κ1) is 20.4. The molecule has 146 valence electrons. The number of hydrogen-bond acceptors (Lipinski definition) is 3. The van der Waals surface area contributed by atoms with Gasteiger partial charge in [-0.25, -0.2) is 9.78 Å². The fraction of sp³-hybridized carbons (Fsp3) is 0.167. The number of carboxylic acid groups (broad SMARTS) is 1. The lowest BCUT2D eigenvalue weighted by Gasteiger charge is -2.11. The highest BCUT2D eigenvalue weighted by molar-refractivity contribution is 6.33. The second kappa shape index (κ2) is 8.81. The molecule has 1 heterocycles. The summed E-state index contributed by atoms with van der Waals surface area (Å²) in [5.41, 5.74) is 11.6. The number of nitrogen functional groups attached to an aromatic ring is 1. The van der Waals surface area contributed by atoms with Gasteiger partial charge in [-0.3, -0.25) is 0 Å². The molecule has 1 aliphatic rings. The van der Waals surface area contributed by atoms with Gasteiger partial charge >= 0.3 is 5.97 Å². The number of carbonyl (C=O) groups is 1. The molecule has 1 aromatic carbocycles. The summed E-state index contributed by atoms with van der Waals surface area (Å²) in [4.78, 5) is 15.4. The Morgan fingerprint density at radius 3 is 2.66 bits per heavy atom. The Morgan fingerprint density at radius 1 is 1.24 bits per heavy atom. The van der Waals surface area contributed by atoms with Gasteiger partial charge in [-0.05, 0) is 55.2 Å². The number of halogens is 1. The summed E-state index contributed by atoms with van der Waals surface area (Å²) in [6, 6.07) is 8.53. The predicted molar refractivity (Wildman–Crippen MR) is 118 cm³/mol. The maximum Gasteiger partial charge on any atom is 0.337 e. The molecule has 29 heavy (non-hydrogen) atoms. The zero-order valence-corrected chi connectivity index (χ0v) is 17.0. The number of benzene rings is 1. The molecule has 0 spiro atoms. The highest BCUT2D eigenvalue weighted by Crippen LogP contribution is 2.33. The van der Waals surface area contributed by atoms with Gasteiger partial charge in [-0.15, -0.1) is 0 Å². The molecule has 0 unspecified atom stereocenters. The van der Waals surface area contributed by atoms with Crippen LogP contribution in [0.3, 0.4) is 0 Å². The van der Waals surface area contributed by atoms with Gasteiger partial charge in [-0.2, -0.15) is 0 Å². The zero-order chi connectivity index (χ0) is 21.0. The molecule has 1 aliphatic carbocycles. The standard InChI is InChI=1S/C24H21ClN2O2/c1-3-16-4-9-20(18-7-10-21(24(28)29)22(25)13-18)19(15(2)12-16)8-5-17-6-11-23(26)27-14-17/h4,6-7,9-11,13-14H,3,12H2,1-2H3,(H2,26,27)(H,28,29). The Hall–Kier alpha value is -3.29. The monoisotopic (exact) mass is 404 g/mol. The Morgan fingerprint density at radius 2 is 2.03 bits per heavy atom. The van der Waals surface area contributed by atoms with Crippen molar-refractivity contribution < 1.29 is 9.90 Å². The molecular formula is C24H21ClN2O2. The smallest absolute Gasteiger partial charge is 0.337 e. The predicted octanol–water partition coefficient (Wildman–Crippen LogP) is 5.51. The van der Waals surface area contributed by atoms with Crippen LogP contribution in [0, 0.1) is 11.8 Å². The number of aromatic nitrogens is 1. The Kier molecular flexibility index (Phi) is 6.21. The maximum atomic E-state index is 11.3. The lowest BCUT2D eigenvalue weighted by Crippen LogP contribution is -1.99. The average molecular weight is 405 g/mol. The van der Waals surface area contributed by atoms with Crippen LogP contribution in [0.1, 0.15) is 48.2 Å². The van der Waals surface area contributed by atoms with Gasteiger partial charge in [0.2, 0.25) is 0 Å². The summed E-state index contributed by atoms with van der Waals surface area (Å²) in [6.45, 7) is 4.20. The van der Waals surface area contributed by atoms with Crippen molar-refractivity contribution in [2.75, 3.05) is 5.73 Å². The topological polar surface area (TPSA) is 76.2 Å². The third-order valence-electron chi connectivity index (χ3n) is 4.76. The first-order valence-corrected chi connectivity index (χ1v) is 9.63. The summed E-state index contributed by atoms with van der Waals surface area (Å²) >= 11 is 6.22. The van der Waals surface area contributed by atoms with Crippen molar-refractivity contribution in [2.45, 2.75) is 26.7 Å². The van der Waals surface area contributed by atoms with E-state index in [9.17, 15) is 9.90 Å². The third kappa shape index (κ3) is 4.77. The van der Waals surface area contributed by atoms with E-state index in [-0.39, 0.29) is 10.6 Å². The molecule has 5 heteroatoms. The van der Waals surface area contributed by atoms with Crippen LogP contribution in [0.5, 0.6) is 0 Å². The zero-order valence-electron chi connectivity index (χ0n) is 16.3. The lowest BCUT2D eigenvalue weighted by molar-refractivity contribution is 0.0697. The maximum absolute atomic E-state index is 11.3. The molecule has 0 fully saturated rings. The second-order valence-electron chi connectivity index (χ2n) is 6.81. The number of pyridine rings is 1. The number of allylic oxidation sites excluding steroid dienone is 6. The molecular weight excluding hydrogens is 384 g/mol. The largest absolute Gasteiger partial charge is 0.478 e. The Balaban J connectivity index is 2.10. The molecule has 0 saturated carbocycles. The minimum atomic E-state index is -1.05. The Bertz CT molecular complexity index is 1110. The van der Waals surface area contributed by atoms with Crippen LogP contribution in [0.2, 0.25) is 5.02 Å². The van der Waals surface area contributed by atoms with Crippen molar-refractivity contribution >= 4 is 29.0 Å². The van der Waals surface area contributed by atoms with E-state index in [1.165, 1.54) is 11.6 Å². The van der Waals surface area contributed by atoms with Gasteiger partial charge in [0.1, 0.15) is 5.82 Å². The van der Waals surface area contributed by atoms with Crippen LogP contribution >= 0.6 is 11.6 Å². The highest BCUT2D eigenvalue weighted by atomic mass is 35.5. The number of nitrogens with zero attached hydrogens (tertiary/aromatic N) is 1. The van der Waals surface area contributed by atoms with Crippen LogP contribution in [-0.2, 0) is 0 Å². The van der Waals surface area contributed by atoms with Crippen LogP contribution in [0.4, 0.5) is 5.82 Å². The second-order valence-corrected chi connectivity index (χ2v) is 7.22. The van der Waals surface area contributed by atoms with E-state index in [2.05, 4.69) is 36.7 Å². The summed E-state index contributed by atoms with van der Waals surface area (Å²) in [5, 5.41) is 9.45. The highest BCUT2D eigenvalue weighted by Gasteiger charge is 2.16. The van der Waals surface area contributed by atoms with Crippen molar-refractivity contribution in [1.82, 2.24) is 4.98 Å². The molecule has 1 aromatic heterocycles. The summed E-state index contributed by atoms with van der Waals surface area (Å²) < 4.78 is 0. The molecule has 3 N–H and O–H groups in total. The van der Waals surface area contributed by atoms with Crippen LogP contribution in [-0.4, -0.2) is 16.1 Å². The fourth-order valence-electron chi connectivity index (χ4n) is 3.13. The van der Waals surface area contributed by atoms with Gasteiger partial charge in [0.25, 0.3) is 0 Å². The van der Waals surface area contributed by atoms with E-state index in [4.69, 9.17) is 17.3 Å². The molecule has 2 aromatic rings. The number of rotatable bonds is 3. The summed E-state index contributed by atoms with van der Waals surface area (Å²) in [7, 11) is 0. The Labute approximate surface area is 175 Å². The number of nitrogens with two attached hydrogens (primary N) is 1. The molecule has 0 bridgehead atoms. The number of hydrogen-bond donors (Lipinski definition) is 2. The molecule has 0 aliphatic heterocycles. The quantitative estimate of drug-likeness (QED) is 0.661. The molecule has 0 atom stereocenters. The number of anilines is 1. The van der Waals surface area contributed by atoms with E-state index in [0.717, 1.165) is 40.7 Å². The van der Waals surface area contributed by atoms with E-state index in [0.29, 0.717) is 5.82 Å². The number of carboxylic acids is 1. The van der Waals surface area contributed by atoms with Crippen molar-refractivity contribution in [3.8, 4) is 11.8 Å². The molecule has 0 amide bonds. The fourth-order valence-corrected chi connectivity index (χ4v) is 3.39. The van der Waals surface area contributed by atoms with E-state index in [1.54, 1.807) is 24.4 Å². The SMILES string of the molecule is CCC1=CC=C(c2ccc(C(=O)O)c(Cl)c2)C(C#Cc2ccc(N)nc2)=C(C)C1. The first-order valence-electron chi connectivity index (χ1n) is 9.25. The van der Waals surface area contributed by atoms with Crippen molar-refractivity contribution in [3.05, 3.63) is 87.1 Å². The van der Waals surface area contributed by atoms with Gasteiger partial charge < -0.3 is 10.8 Å². The minimum absolute atomic E-state index is 0.0794. The van der Waals surface area contributed by atoms with Gasteiger partial charge in [0.05, 0.1) is 10.6 Å².